The molecule has 3 aliphatic rings. The van der Waals surface area contributed by atoms with Crippen LogP contribution in [-0.4, -0.2) is 28.2 Å². The van der Waals surface area contributed by atoms with Gasteiger partial charge in [0.25, 0.3) is 11.8 Å². The van der Waals surface area contributed by atoms with E-state index < -0.39 is 0 Å². The number of dihydropyridines is 1. The Kier molecular flexibility index (Phi) is 6.34. The number of fused-ring (bicyclic) bond motifs is 1. The maximum Gasteiger partial charge on any atom is 0.279 e. The number of amides is 2. The summed E-state index contributed by atoms with van der Waals surface area (Å²) in [7, 11) is 0. The summed E-state index contributed by atoms with van der Waals surface area (Å²) in [5.41, 5.74) is 6.13. The smallest absolute Gasteiger partial charge is 0.267 e. The van der Waals surface area contributed by atoms with E-state index in [-0.39, 0.29) is 23.8 Å². The van der Waals surface area contributed by atoms with Crippen LogP contribution >= 0.6 is 15.9 Å². The van der Waals surface area contributed by atoms with E-state index in [0.717, 1.165) is 26.7 Å². The number of allylic oxidation sites excluding steroid dienone is 5. The van der Waals surface area contributed by atoms with E-state index in [2.05, 4.69) is 27.0 Å². The Balaban J connectivity index is 1.51. The quantitative estimate of drug-likeness (QED) is 0.350. The summed E-state index contributed by atoms with van der Waals surface area (Å²) >= 11 is 3.60. The predicted octanol–water partition coefficient (Wildman–Crippen LogP) is 6.84. The fourth-order valence-corrected chi connectivity index (χ4v) is 5.58. The van der Waals surface area contributed by atoms with Crippen molar-refractivity contribution in [2.75, 3.05) is 0 Å². The predicted molar refractivity (Wildman–Crippen MR) is 154 cm³/mol. The molecule has 2 amide bonds. The molecule has 186 valence electrons. The van der Waals surface area contributed by atoms with Crippen LogP contribution in [0.4, 0.5) is 0 Å². The van der Waals surface area contributed by atoms with Gasteiger partial charge in [0, 0.05) is 22.4 Å². The summed E-state index contributed by atoms with van der Waals surface area (Å²) in [5.74, 6) is -0.739. The lowest BCUT2D eigenvalue weighted by Gasteiger charge is -2.27. The molecule has 38 heavy (non-hydrogen) atoms. The van der Waals surface area contributed by atoms with Crippen LogP contribution in [0.1, 0.15) is 39.5 Å². The zero-order valence-electron chi connectivity index (χ0n) is 20.7. The average Bonchev–Trinajstić information content (AvgIpc) is 3.38. The normalized spacial score (nSPS) is 20.6. The van der Waals surface area contributed by atoms with Crippen molar-refractivity contribution in [2.24, 2.45) is 16.0 Å². The van der Waals surface area contributed by atoms with E-state index in [1.165, 1.54) is 5.01 Å². The second-order valence-corrected chi connectivity index (χ2v) is 10.5. The first-order chi connectivity index (χ1) is 18.5. The molecule has 2 unspecified atom stereocenters. The summed E-state index contributed by atoms with van der Waals surface area (Å²) in [6, 6.07) is 26.9. The first-order valence-corrected chi connectivity index (χ1v) is 13.3. The Hall–Kier alpha value is -4.16. The summed E-state index contributed by atoms with van der Waals surface area (Å²) in [6.45, 7) is 1.99. The zero-order valence-corrected chi connectivity index (χ0v) is 22.3. The van der Waals surface area contributed by atoms with Gasteiger partial charge in [-0.15, -0.1) is 0 Å². The van der Waals surface area contributed by atoms with Crippen LogP contribution in [0.25, 0.3) is 5.57 Å². The van der Waals surface area contributed by atoms with Crippen LogP contribution < -0.4 is 0 Å². The third-order valence-corrected chi connectivity index (χ3v) is 7.59. The van der Waals surface area contributed by atoms with Gasteiger partial charge in [-0.2, -0.15) is 5.10 Å². The molecule has 0 spiro atoms. The summed E-state index contributed by atoms with van der Waals surface area (Å²) < 4.78 is 0.926. The van der Waals surface area contributed by atoms with Gasteiger partial charge in [-0.05, 0) is 47.9 Å². The van der Waals surface area contributed by atoms with Crippen LogP contribution in [0.5, 0.6) is 0 Å². The Morgan fingerprint density at radius 1 is 0.921 bits per heavy atom. The lowest BCUT2D eigenvalue weighted by Crippen LogP contribution is -2.27. The highest BCUT2D eigenvalue weighted by Gasteiger charge is 2.40. The van der Waals surface area contributed by atoms with Gasteiger partial charge in [0.2, 0.25) is 0 Å². The number of hydrogen-bond donors (Lipinski definition) is 0. The number of aryl methyl sites for hydroxylation is 1. The number of carbonyl (C=O) groups is 2. The Labute approximate surface area is 229 Å². The first kappa shape index (κ1) is 24.2. The zero-order chi connectivity index (χ0) is 26.2. The second kappa shape index (κ2) is 9.95. The van der Waals surface area contributed by atoms with Crippen molar-refractivity contribution < 1.29 is 9.59 Å². The van der Waals surface area contributed by atoms with Crippen molar-refractivity contribution in [3.8, 4) is 0 Å². The number of hydrogen-bond acceptors (Lipinski definition) is 3. The number of halogens is 1. The number of nitrogens with zero attached hydrogens (tertiary/aromatic N) is 3. The molecule has 0 N–H and O–H groups in total. The summed E-state index contributed by atoms with van der Waals surface area (Å²) in [6.07, 6.45) is 6.25. The monoisotopic (exact) mass is 561 g/mol. The van der Waals surface area contributed by atoms with Crippen molar-refractivity contribution in [2.45, 2.75) is 19.4 Å². The minimum atomic E-state index is -0.337. The number of rotatable bonds is 4. The average molecular weight is 562 g/mol. The minimum Gasteiger partial charge on any atom is -0.267 e. The van der Waals surface area contributed by atoms with Crippen molar-refractivity contribution in [3.63, 3.8) is 0 Å². The van der Waals surface area contributed by atoms with E-state index in [4.69, 9.17) is 5.10 Å². The summed E-state index contributed by atoms with van der Waals surface area (Å²) in [5, 5.41) is 6.38. The molecular formula is C32H24BrN3O2. The maximum atomic E-state index is 13.7. The van der Waals surface area contributed by atoms with E-state index in [9.17, 15) is 9.59 Å². The topological polar surface area (TPSA) is 62.1 Å². The van der Waals surface area contributed by atoms with Crippen LogP contribution in [0, 0.1) is 12.8 Å². The molecule has 0 radical (unpaired) electrons. The molecule has 6 rings (SSSR count). The van der Waals surface area contributed by atoms with Crippen molar-refractivity contribution >= 4 is 44.7 Å². The molecule has 0 saturated carbocycles. The molecule has 0 bridgehead atoms. The fourth-order valence-electron chi connectivity index (χ4n) is 5.18. The standard InChI is InChI=1S/C32H24BrN3O2/c1-20-12-14-23(15-13-20)32(38)36-28(21-8-4-2-5-9-21)19-27(35-36)30-29(22-10-6-3-7-11-22)25-18-24(33)16-17-26(25)34-31(30)37/h2-18,25,28H,19H2,1H3. The molecule has 2 aliphatic heterocycles. The number of aliphatic imine (C=N–C) groups is 1. The number of hydrazone groups is 1. The SMILES string of the molecule is Cc1ccc(C(=O)N2N=C(C3=C(c4ccccc4)C4C=C(Br)C=CC4=NC3=O)CC2c2ccccc2)cc1. The van der Waals surface area contributed by atoms with E-state index >= 15 is 0 Å². The van der Waals surface area contributed by atoms with Gasteiger partial charge in [-0.1, -0.05) is 100 Å². The molecule has 5 nitrogen and oxygen atoms in total. The molecule has 2 atom stereocenters. The number of carbonyl (C=O) groups excluding carboxylic acids is 2. The molecule has 1 aliphatic carbocycles. The van der Waals surface area contributed by atoms with Crippen LogP contribution in [0.2, 0.25) is 0 Å². The van der Waals surface area contributed by atoms with Crippen molar-refractivity contribution in [1.29, 1.82) is 0 Å². The highest BCUT2D eigenvalue weighted by Crippen LogP contribution is 2.41. The third-order valence-electron chi connectivity index (χ3n) is 7.06. The summed E-state index contributed by atoms with van der Waals surface area (Å²) in [4.78, 5) is 31.8. The highest BCUT2D eigenvalue weighted by atomic mass is 79.9. The van der Waals surface area contributed by atoms with Crippen LogP contribution in [0.15, 0.2) is 123 Å². The molecule has 3 aromatic carbocycles. The maximum absolute atomic E-state index is 13.7. The van der Waals surface area contributed by atoms with Gasteiger partial charge in [0.05, 0.1) is 23.0 Å². The van der Waals surface area contributed by atoms with Gasteiger partial charge >= 0.3 is 0 Å². The van der Waals surface area contributed by atoms with Crippen LogP contribution in [-0.2, 0) is 4.79 Å². The molecule has 0 aromatic heterocycles. The van der Waals surface area contributed by atoms with Gasteiger partial charge in [0.1, 0.15) is 0 Å². The number of benzene rings is 3. The fraction of sp³-hybridized carbons (Fsp3) is 0.125. The molecular weight excluding hydrogens is 538 g/mol. The lowest BCUT2D eigenvalue weighted by molar-refractivity contribution is -0.113. The van der Waals surface area contributed by atoms with Crippen molar-refractivity contribution in [3.05, 3.63) is 135 Å². The van der Waals surface area contributed by atoms with Gasteiger partial charge in [-0.25, -0.2) is 10.0 Å². The molecule has 2 heterocycles. The second-order valence-electron chi connectivity index (χ2n) is 9.55. The van der Waals surface area contributed by atoms with Crippen LogP contribution in [0.3, 0.4) is 0 Å². The molecule has 3 aromatic rings. The van der Waals surface area contributed by atoms with Gasteiger partial charge in [0.15, 0.2) is 0 Å². The van der Waals surface area contributed by atoms with Gasteiger partial charge in [-0.3, -0.25) is 9.59 Å². The Bertz CT molecular complexity index is 1580. The third kappa shape index (κ3) is 4.41. The highest BCUT2D eigenvalue weighted by molar-refractivity contribution is 9.11. The first-order valence-electron chi connectivity index (χ1n) is 12.5. The molecule has 6 heteroatoms. The van der Waals surface area contributed by atoms with Gasteiger partial charge < -0.3 is 0 Å². The van der Waals surface area contributed by atoms with Crippen molar-refractivity contribution in [1.82, 2.24) is 5.01 Å². The molecule has 0 saturated heterocycles. The minimum absolute atomic E-state index is 0.202. The van der Waals surface area contributed by atoms with E-state index in [0.29, 0.717) is 29.0 Å². The van der Waals surface area contributed by atoms with E-state index in [1.807, 2.05) is 104 Å². The largest absolute Gasteiger partial charge is 0.279 e. The lowest BCUT2D eigenvalue weighted by atomic mass is 9.79. The molecule has 0 fully saturated rings. The Morgan fingerprint density at radius 2 is 1.61 bits per heavy atom. The van der Waals surface area contributed by atoms with E-state index in [1.54, 1.807) is 0 Å². The Morgan fingerprint density at radius 3 is 2.32 bits per heavy atom.